The number of hydrogen-bond donors (Lipinski definition) is 3. The molecule has 0 aliphatic carbocycles. The van der Waals surface area contributed by atoms with E-state index in [0.29, 0.717) is 0 Å². The van der Waals surface area contributed by atoms with Crippen molar-refractivity contribution in [1.29, 1.82) is 0 Å². The second-order valence-corrected chi connectivity index (χ2v) is 3.77. The summed E-state index contributed by atoms with van der Waals surface area (Å²) in [4.78, 5) is 10.8. The minimum atomic E-state index is -1.13. The molecule has 0 aromatic carbocycles. The van der Waals surface area contributed by atoms with Gasteiger partial charge in [0, 0.05) is 6.42 Å². The van der Waals surface area contributed by atoms with Gasteiger partial charge in [-0.15, -0.1) is 0 Å². The maximum absolute atomic E-state index is 10.8. The molecule has 0 bridgehead atoms. The van der Waals surface area contributed by atoms with Crippen LogP contribution < -0.4 is 0 Å². The maximum Gasteiger partial charge on any atom is 0.132 e. The molecule has 3 N–H and O–H groups in total. The summed E-state index contributed by atoms with van der Waals surface area (Å²) in [5.41, 5.74) is 0. The highest BCUT2D eigenvalue weighted by Gasteiger charge is 2.44. The Kier molecular flexibility index (Phi) is 3.60. The molecule has 0 spiro atoms. The van der Waals surface area contributed by atoms with Crippen molar-refractivity contribution in [3.05, 3.63) is 0 Å². The molecule has 0 unspecified atom stereocenters. The number of carbonyl (C=O) groups excluding carboxylic acids is 1. The average Bonchev–Trinajstić information content (AvgIpc) is 2.32. The average molecular weight is 204 g/mol. The zero-order chi connectivity index (χ0) is 10.9. The molecule has 0 radical (unpaired) electrons. The van der Waals surface area contributed by atoms with Crippen molar-refractivity contribution in [1.82, 2.24) is 0 Å². The molecule has 1 aliphatic rings. The highest BCUT2D eigenvalue weighted by atomic mass is 16.6. The van der Waals surface area contributed by atoms with Crippen molar-refractivity contribution in [3.63, 3.8) is 0 Å². The number of rotatable bonds is 3. The fraction of sp³-hybridized carbons (Fsp3) is 0.889. The van der Waals surface area contributed by atoms with Crippen LogP contribution in [0.25, 0.3) is 0 Å². The minimum absolute atomic E-state index is 0.0570. The van der Waals surface area contributed by atoms with Gasteiger partial charge in [-0.05, 0) is 13.8 Å². The van der Waals surface area contributed by atoms with Gasteiger partial charge in [0.25, 0.3) is 0 Å². The molecule has 14 heavy (non-hydrogen) atoms. The van der Waals surface area contributed by atoms with Crippen LogP contribution in [0.1, 0.15) is 20.3 Å². The van der Waals surface area contributed by atoms with E-state index in [1.54, 1.807) is 0 Å². The smallest absolute Gasteiger partial charge is 0.132 e. The van der Waals surface area contributed by atoms with Gasteiger partial charge >= 0.3 is 0 Å². The molecular weight excluding hydrogens is 188 g/mol. The molecule has 1 saturated heterocycles. The van der Waals surface area contributed by atoms with Crippen LogP contribution in [0.4, 0.5) is 0 Å². The summed E-state index contributed by atoms with van der Waals surface area (Å²) < 4.78 is 5.19. The van der Waals surface area contributed by atoms with Gasteiger partial charge in [-0.2, -0.15) is 0 Å². The van der Waals surface area contributed by atoms with Gasteiger partial charge in [-0.1, -0.05) is 0 Å². The van der Waals surface area contributed by atoms with Crippen molar-refractivity contribution in [2.45, 2.75) is 50.8 Å². The molecule has 5 atom stereocenters. The van der Waals surface area contributed by atoms with Gasteiger partial charge in [0.2, 0.25) is 0 Å². The Balaban J connectivity index is 2.62. The number of aliphatic hydroxyl groups excluding tert-OH is 3. The molecule has 5 heteroatoms. The van der Waals surface area contributed by atoms with E-state index >= 15 is 0 Å². The lowest BCUT2D eigenvalue weighted by molar-refractivity contribution is -0.122. The fourth-order valence-corrected chi connectivity index (χ4v) is 1.63. The highest BCUT2D eigenvalue weighted by Crippen LogP contribution is 2.25. The number of ketones is 1. The normalized spacial score (nSPS) is 39.8. The Bertz CT molecular complexity index is 215. The largest absolute Gasteiger partial charge is 0.391 e. The van der Waals surface area contributed by atoms with Crippen LogP contribution in [-0.4, -0.2) is 51.6 Å². The van der Waals surface area contributed by atoms with E-state index in [9.17, 15) is 20.1 Å². The van der Waals surface area contributed by atoms with E-state index in [0.717, 1.165) is 0 Å². The lowest BCUT2D eigenvalue weighted by atomic mass is 10.0. The number of aliphatic hydroxyl groups is 3. The predicted octanol–water partition coefficient (Wildman–Crippen LogP) is -1.16. The molecule has 0 amide bonds. The quantitative estimate of drug-likeness (QED) is 0.539. The van der Waals surface area contributed by atoms with Gasteiger partial charge in [0.1, 0.15) is 24.1 Å². The fourth-order valence-electron chi connectivity index (χ4n) is 1.63. The predicted molar refractivity (Wildman–Crippen MR) is 47.7 cm³/mol. The van der Waals surface area contributed by atoms with Gasteiger partial charge in [-0.3, -0.25) is 4.79 Å². The summed E-state index contributed by atoms with van der Waals surface area (Å²) in [5.74, 6) is -0.118. The van der Waals surface area contributed by atoms with Crippen LogP contribution >= 0.6 is 0 Å². The van der Waals surface area contributed by atoms with Crippen molar-refractivity contribution < 1.29 is 24.9 Å². The lowest BCUT2D eigenvalue weighted by Crippen LogP contribution is -2.37. The molecule has 5 nitrogen and oxygen atoms in total. The first kappa shape index (κ1) is 11.6. The first-order chi connectivity index (χ1) is 6.43. The maximum atomic E-state index is 10.8. The van der Waals surface area contributed by atoms with Crippen LogP contribution in [0.5, 0.6) is 0 Å². The molecule has 0 aromatic rings. The van der Waals surface area contributed by atoms with Gasteiger partial charge < -0.3 is 20.1 Å². The van der Waals surface area contributed by atoms with Crippen molar-refractivity contribution >= 4 is 5.78 Å². The summed E-state index contributed by atoms with van der Waals surface area (Å²) in [7, 11) is 0. The minimum Gasteiger partial charge on any atom is -0.391 e. The van der Waals surface area contributed by atoms with Crippen LogP contribution in [0.15, 0.2) is 0 Å². The Morgan fingerprint density at radius 1 is 1.43 bits per heavy atom. The Morgan fingerprint density at radius 3 is 2.36 bits per heavy atom. The third-order valence-electron chi connectivity index (χ3n) is 2.36. The molecule has 1 aliphatic heterocycles. The first-order valence-corrected chi connectivity index (χ1v) is 4.62. The van der Waals surface area contributed by atoms with E-state index in [1.807, 2.05) is 0 Å². The number of Topliss-reactive ketones (excluding diaryl/α,β-unsaturated/α-hetero) is 1. The van der Waals surface area contributed by atoms with E-state index in [4.69, 9.17) is 4.74 Å². The third kappa shape index (κ3) is 2.30. The van der Waals surface area contributed by atoms with Crippen molar-refractivity contribution in [3.8, 4) is 0 Å². The SMILES string of the molecule is CC(=O)C[C@@H]1O[C@@H]([C@H](C)O)[C@H](O)[C@H]1O. The van der Waals surface area contributed by atoms with E-state index in [2.05, 4.69) is 0 Å². The molecular formula is C9H16O5. The first-order valence-electron chi connectivity index (χ1n) is 4.62. The number of carbonyl (C=O) groups is 1. The second-order valence-electron chi connectivity index (χ2n) is 3.77. The van der Waals surface area contributed by atoms with E-state index in [-0.39, 0.29) is 12.2 Å². The molecule has 1 fully saturated rings. The molecule has 82 valence electrons. The van der Waals surface area contributed by atoms with Crippen molar-refractivity contribution in [2.24, 2.45) is 0 Å². The van der Waals surface area contributed by atoms with Gasteiger partial charge in [0.15, 0.2) is 0 Å². The van der Waals surface area contributed by atoms with Crippen LogP contribution in [0, 0.1) is 0 Å². The summed E-state index contributed by atoms with van der Waals surface area (Å²) in [5, 5.41) is 28.2. The zero-order valence-corrected chi connectivity index (χ0v) is 8.25. The highest BCUT2D eigenvalue weighted by molar-refractivity contribution is 5.76. The van der Waals surface area contributed by atoms with Crippen LogP contribution in [0.2, 0.25) is 0 Å². The van der Waals surface area contributed by atoms with E-state index < -0.39 is 30.5 Å². The zero-order valence-electron chi connectivity index (χ0n) is 8.25. The number of ether oxygens (including phenoxy) is 1. The van der Waals surface area contributed by atoms with Crippen LogP contribution in [0.3, 0.4) is 0 Å². The van der Waals surface area contributed by atoms with E-state index in [1.165, 1.54) is 13.8 Å². The second kappa shape index (κ2) is 4.35. The lowest BCUT2D eigenvalue weighted by Gasteiger charge is -2.16. The Labute approximate surface area is 82.3 Å². The Hall–Kier alpha value is -0.490. The summed E-state index contributed by atoms with van der Waals surface area (Å²) in [6.07, 6.45) is -4.55. The molecule has 1 heterocycles. The summed E-state index contributed by atoms with van der Waals surface area (Å²) >= 11 is 0. The number of hydrogen-bond acceptors (Lipinski definition) is 5. The van der Waals surface area contributed by atoms with Gasteiger partial charge in [-0.25, -0.2) is 0 Å². The standard InChI is InChI=1S/C9H16O5/c1-4(10)3-6-7(12)8(13)9(14-6)5(2)11/h5-9,11-13H,3H2,1-2H3/t5-,6-,7-,8+,9-/m0/s1. The topological polar surface area (TPSA) is 87.0 Å². The monoisotopic (exact) mass is 204 g/mol. The molecule has 0 saturated carbocycles. The Morgan fingerprint density at radius 2 is 2.00 bits per heavy atom. The van der Waals surface area contributed by atoms with Gasteiger partial charge in [0.05, 0.1) is 12.2 Å². The van der Waals surface area contributed by atoms with Crippen LogP contribution in [-0.2, 0) is 9.53 Å². The van der Waals surface area contributed by atoms with Crippen molar-refractivity contribution in [2.75, 3.05) is 0 Å². The third-order valence-corrected chi connectivity index (χ3v) is 2.36. The molecule has 1 rings (SSSR count). The summed E-state index contributed by atoms with van der Waals surface area (Å²) in [6.45, 7) is 2.86. The molecule has 0 aromatic heterocycles. The summed E-state index contributed by atoms with van der Waals surface area (Å²) in [6, 6.07) is 0.